The molecule has 0 N–H and O–H groups in total. The summed E-state index contributed by atoms with van der Waals surface area (Å²) in [5, 5.41) is 0. The molecule has 0 spiro atoms. The summed E-state index contributed by atoms with van der Waals surface area (Å²) in [7, 11) is 0. The maximum absolute atomic E-state index is 12.7. The molecular formula is C23H27N3O3. The number of hydrogen-bond donors (Lipinski definition) is 0. The largest absolute Gasteiger partial charge is 0.342 e. The van der Waals surface area contributed by atoms with Crippen LogP contribution in [0.1, 0.15) is 36.0 Å². The standard InChI is InChI=1S/C23H27N3O3/c27-21-7-4-11-24(21)14-10-22(28)25-13-9-19-15-23(29)26(17-20(19)16-25)12-8-18-5-2-1-3-6-18/h1-3,5-6,15,17H,4,7-14,16H2. The summed E-state index contributed by atoms with van der Waals surface area (Å²) < 4.78 is 1.75. The topological polar surface area (TPSA) is 62.6 Å². The molecule has 0 radical (unpaired) electrons. The third-order valence-electron chi connectivity index (χ3n) is 5.92. The van der Waals surface area contributed by atoms with E-state index in [0.29, 0.717) is 45.4 Å². The fraction of sp³-hybridized carbons (Fsp3) is 0.435. The summed E-state index contributed by atoms with van der Waals surface area (Å²) >= 11 is 0. The summed E-state index contributed by atoms with van der Waals surface area (Å²) in [4.78, 5) is 40.5. The van der Waals surface area contributed by atoms with Crippen LogP contribution in [0.3, 0.4) is 0 Å². The number of nitrogens with zero attached hydrogens (tertiary/aromatic N) is 3. The summed E-state index contributed by atoms with van der Waals surface area (Å²) in [6, 6.07) is 11.9. The molecule has 1 saturated heterocycles. The van der Waals surface area contributed by atoms with Crippen LogP contribution in [0.5, 0.6) is 0 Å². The smallest absolute Gasteiger partial charge is 0.250 e. The van der Waals surface area contributed by atoms with E-state index in [4.69, 9.17) is 0 Å². The van der Waals surface area contributed by atoms with Gasteiger partial charge in [-0.05, 0) is 36.0 Å². The highest BCUT2D eigenvalue weighted by Crippen LogP contribution is 2.19. The Morgan fingerprint density at radius 2 is 1.79 bits per heavy atom. The molecule has 2 aliphatic rings. The first-order chi connectivity index (χ1) is 14.1. The molecule has 3 heterocycles. The van der Waals surface area contributed by atoms with Crippen molar-refractivity contribution in [2.45, 2.75) is 45.2 Å². The number of likely N-dealkylation sites (tertiary alicyclic amines) is 1. The van der Waals surface area contributed by atoms with E-state index in [9.17, 15) is 14.4 Å². The lowest BCUT2D eigenvalue weighted by atomic mass is 10.0. The van der Waals surface area contributed by atoms with Gasteiger partial charge in [0.05, 0.1) is 0 Å². The minimum absolute atomic E-state index is 0.0204. The van der Waals surface area contributed by atoms with E-state index in [1.54, 1.807) is 15.5 Å². The Labute approximate surface area is 170 Å². The second kappa shape index (κ2) is 8.64. The maximum atomic E-state index is 12.7. The number of benzene rings is 1. The van der Waals surface area contributed by atoms with Gasteiger partial charge in [-0.2, -0.15) is 0 Å². The van der Waals surface area contributed by atoms with Crippen LogP contribution in [-0.4, -0.2) is 45.8 Å². The van der Waals surface area contributed by atoms with Crippen LogP contribution in [-0.2, 0) is 35.5 Å². The van der Waals surface area contributed by atoms with Gasteiger partial charge in [-0.1, -0.05) is 30.3 Å². The van der Waals surface area contributed by atoms with Crippen molar-refractivity contribution in [2.75, 3.05) is 19.6 Å². The molecule has 152 valence electrons. The van der Waals surface area contributed by atoms with Crippen LogP contribution >= 0.6 is 0 Å². The van der Waals surface area contributed by atoms with Crippen LogP contribution in [0, 0.1) is 0 Å². The summed E-state index contributed by atoms with van der Waals surface area (Å²) in [5.74, 6) is 0.238. The minimum atomic E-state index is 0.0204. The van der Waals surface area contributed by atoms with E-state index >= 15 is 0 Å². The third kappa shape index (κ3) is 4.58. The zero-order valence-electron chi connectivity index (χ0n) is 16.7. The molecule has 4 rings (SSSR count). The van der Waals surface area contributed by atoms with Crippen LogP contribution in [0.25, 0.3) is 0 Å². The van der Waals surface area contributed by atoms with Gasteiger partial charge >= 0.3 is 0 Å². The number of pyridine rings is 1. The average molecular weight is 393 g/mol. The van der Waals surface area contributed by atoms with Crippen molar-refractivity contribution in [1.82, 2.24) is 14.4 Å². The molecule has 0 bridgehead atoms. The van der Waals surface area contributed by atoms with Crippen molar-refractivity contribution in [3.8, 4) is 0 Å². The maximum Gasteiger partial charge on any atom is 0.250 e. The molecule has 29 heavy (non-hydrogen) atoms. The monoisotopic (exact) mass is 393 g/mol. The van der Waals surface area contributed by atoms with E-state index in [0.717, 1.165) is 30.5 Å². The first-order valence-corrected chi connectivity index (χ1v) is 10.4. The fourth-order valence-corrected chi connectivity index (χ4v) is 4.19. The molecule has 0 atom stereocenters. The zero-order chi connectivity index (χ0) is 20.2. The molecule has 0 unspecified atom stereocenters. The van der Waals surface area contributed by atoms with Gasteiger partial charge in [0.2, 0.25) is 11.8 Å². The van der Waals surface area contributed by atoms with Crippen molar-refractivity contribution in [1.29, 1.82) is 0 Å². The van der Waals surface area contributed by atoms with Crippen LogP contribution in [0.2, 0.25) is 0 Å². The number of rotatable bonds is 6. The minimum Gasteiger partial charge on any atom is -0.342 e. The number of carbonyl (C=O) groups excluding carboxylic acids is 2. The second-order valence-electron chi connectivity index (χ2n) is 7.89. The van der Waals surface area contributed by atoms with Crippen molar-refractivity contribution in [3.63, 3.8) is 0 Å². The molecule has 2 aliphatic heterocycles. The lowest BCUT2D eigenvalue weighted by Crippen LogP contribution is -2.39. The average Bonchev–Trinajstić information content (AvgIpc) is 3.15. The van der Waals surface area contributed by atoms with Gasteiger partial charge in [0, 0.05) is 57.8 Å². The quantitative estimate of drug-likeness (QED) is 0.754. The molecule has 1 fully saturated rings. The van der Waals surface area contributed by atoms with Gasteiger partial charge < -0.3 is 14.4 Å². The predicted octanol–water partition coefficient (Wildman–Crippen LogP) is 1.99. The third-order valence-corrected chi connectivity index (χ3v) is 5.92. The Morgan fingerprint density at radius 1 is 0.966 bits per heavy atom. The van der Waals surface area contributed by atoms with E-state index in [1.807, 2.05) is 29.3 Å². The summed E-state index contributed by atoms with van der Waals surface area (Å²) in [6.45, 7) is 3.07. The first-order valence-electron chi connectivity index (χ1n) is 10.4. The zero-order valence-corrected chi connectivity index (χ0v) is 16.7. The lowest BCUT2D eigenvalue weighted by Gasteiger charge is -2.30. The van der Waals surface area contributed by atoms with E-state index in [1.165, 1.54) is 5.56 Å². The number of fused-ring (bicyclic) bond motifs is 1. The first kappa shape index (κ1) is 19.4. The highest BCUT2D eigenvalue weighted by molar-refractivity contribution is 5.80. The molecular weight excluding hydrogens is 366 g/mol. The molecule has 6 heteroatoms. The Kier molecular flexibility index (Phi) is 5.79. The number of aryl methyl sites for hydroxylation is 2. The van der Waals surface area contributed by atoms with Crippen LogP contribution in [0.15, 0.2) is 47.4 Å². The second-order valence-corrected chi connectivity index (χ2v) is 7.89. The van der Waals surface area contributed by atoms with E-state index < -0.39 is 0 Å². The van der Waals surface area contributed by atoms with E-state index in [2.05, 4.69) is 12.1 Å². The predicted molar refractivity (Wildman–Crippen MR) is 110 cm³/mol. The lowest BCUT2D eigenvalue weighted by molar-refractivity contribution is -0.133. The molecule has 6 nitrogen and oxygen atoms in total. The van der Waals surface area contributed by atoms with Gasteiger partial charge in [-0.3, -0.25) is 14.4 Å². The Morgan fingerprint density at radius 3 is 2.55 bits per heavy atom. The molecule has 2 amide bonds. The molecule has 2 aromatic rings. The number of carbonyl (C=O) groups is 2. The normalized spacial score (nSPS) is 16.2. The Balaban J connectivity index is 1.39. The van der Waals surface area contributed by atoms with Crippen molar-refractivity contribution >= 4 is 11.8 Å². The highest BCUT2D eigenvalue weighted by Gasteiger charge is 2.24. The summed E-state index contributed by atoms with van der Waals surface area (Å²) in [6.07, 6.45) is 5.29. The highest BCUT2D eigenvalue weighted by atomic mass is 16.2. The SMILES string of the molecule is O=C1CCCN1CCC(=O)N1CCc2cc(=O)n(CCc3ccccc3)cc2C1. The number of hydrogen-bond acceptors (Lipinski definition) is 3. The fourth-order valence-electron chi connectivity index (χ4n) is 4.19. The van der Waals surface area contributed by atoms with Gasteiger partial charge in [0.15, 0.2) is 0 Å². The molecule has 0 saturated carbocycles. The van der Waals surface area contributed by atoms with Gasteiger partial charge in [-0.25, -0.2) is 0 Å². The van der Waals surface area contributed by atoms with Crippen molar-refractivity contribution in [3.05, 3.63) is 69.6 Å². The molecule has 0 aliphatic carbocycles. The van der Waals surface area contributed by atoms with Gasteiger partial charge in [-0.15, -0.1) is 0 Å². The summed E-state index contributed by atoms with van der Waals surface area (Å²) in [5.41, 5.74) is 3.32. The number of aromatic nitrogens is 1. The Hall–Kier alpha value is -2.89. The van der Waals surface area contributed by atoms with Crippen molar-refractivity contribution in [2.24, 2.45) is 0 Å². The van der Waals surface area contributed by atoms with Gasteiger partial charge in [0.25, 0.3) is 5.56 Å². The number of amides is 2. The molecule has 1 aromatic heterocycles. The van der Waals surface area contributed by atoms with Crippen LogP contribution < -0.4 is 5.56 Å². The van der Waals surface area contributed by atoms with Crippen LogP contribution in [0.4, 0.5) is 0 Å². The Bertz CT molecular complexity index is 952. The van der Waals surface area contributed by atoms with E-state index in [-0.39, 0.29) is 17.4 Å². The van der Waals surface area contributed by atoms with Crippen molar-refractivity contribution < 1.29 is 9.59 Å². The van der Waals surface area contributed by atoms with Gasteiger partial charge in [0.1, 0.15) is 0 Å². The molecule has 1 aromatic carbocycles.